The van der Waals surface area contributed by atoms with Gasteiger partial charge in [-0.1, -0.05) is 18.2 Å². The summed E-state index contributed by atoms with van der Waals surface area (Å²) >= 11 is 0. The average molecular weight is 253 g/mol. The molecule has 0 fully saturated rings. The Bertz CT molecular complexity index is 725. The molecule has 0 bridgehead atoms. The second-order valence-corrected chi connectivity index (χ2v) is 4.72. The topological polar surface area (TPSA) is 46.3 Å². The smallest absolute Gasteiger partial charge is 0.108 e. The Morgan fingerprint density at radius 1 is 1.16 bits per heavy atom. The molecule has 0 aliphatic rings. The van der Waals surface area contributed by atoms with E-state index in [2.05, 4.69) is 4.98 Å². The largest absolute Gasteiger partial charge is 0.466 e. The summed E-state index contributed by atoms with van der Waals surface area (Å²) in [6.07, 6.45) is 2.87. The van der Waals surface area contributed by atoms with Crippen LogP contribution < -0.4 is 0 Å². The molecule has 3 rings (SSSR count). The molecule has 0 radical (unpaired) electrons. The lowest BCUT2D eigenvalue weighted by Crippen LogP contribution is -2.00. The highest BCUT2D eigenvalue weighted by Gasteiger charge is 2.18. The average Bonchev–Trinajstić information content (AvgIpc) is 2.76. The highest BCUT2D eigenvalue weighted by atomic mass is 16.3. The predicted octanol–water partition coefficient (Wildman–Crippen LogP) is 3.53. The van der Waals surface area contributed by atoms with Gasteiger partial charge in [0.15, 0.2) is 0 Å². The Labute approximate surface area is 111 Å². The predicted molar refractivity (Wildman–Crippen MR) is 74.0 cm³/mol. The molecule has 3 heteroatoms. The van der Waals surface area contributed by atoms with Crippen LogP contribution >= 0.6 is 0 Å². The van der Waals surface area contributed by atoms with E-state index < -0.39 is 6.10 Å². The standard InChI is InChI=1S/C16H15NO2/c1-10-8-15(11(2)19-10)16(18)14-5-3-4-12-9-17-7-6-13(12)14/h3-9,16,18H,1-2H3. The lowest BCUT2D eigenvalue weighted by molar-refractivity contribution is 0.219. The number of pyridine rings is 1. The van der Waals surface area contributed by atoms with E-state index in [-0.39, 0.29) is 0 Å². The van der Waals surface area contributed by atoms with Gasteiger partial charge in [0, 0.05) is 23.3 Å². The number of aliphatic hydroxyl groups is 1. The first-order chi connectivity index (χ1) is 9.16. The zero-order valence-corrected chi connectivity index (χ0v) is 10.9. The molecule has 0 saturated carbocycles. The Morgan fingerprint density at radius 2 is 2.00 bits per heavy atom. The van der Waals surface area contributed by atoms with E-state index in [0.29, 0.717) is 0 Å². The van der Waals surface area contributed by atoms with Crippen molar-refractivity contribution < 1.29 is 9.52 Å². The van der Waals surface area contributed by atoms with Crippen molar-refractivity contribution in [2.24, 2.45) is 0 Å². The third kappa shape index (κ3) is 2.02. The van der Waals surface area contributed by atoms with E-state index >= 15 is 0 Å². The maximum absolute atomic E-state index is 10.6. The quantitative estimate of drug-likeness (QED) is 0.760. The van der Waals surface area contributed by atoms with Gasteiger partial charge in [-0.25, -0.2) is 0 Å². The van der Waals surface area contributed by atoms with Crippen LogP contribution in [-0.2, 0) is 0 Å². The maximum Gasteiger partial charge on any atom is 0.108 e. The molecule has 0 aliphatic carbocycles. The monoisotopic (exact) mass is 253 g/mol. The lowest BCUT2D eigenvalue weighted by atomic mass is 9.97. The summed E-state index contributed by atoms with van der Waals surface area (Å²) in [6, 6.07) is 9.68. The van der Waals surface area contributed by atoms with Crippen molar-refractivity contribution in [3.05, 3.63) is 65.4 Å². The minimum Gasteiger partial charge on any atom is -0.466 e. The molecule has 1 unspecified atom stereocenters. The van der Waals surface area contributed by atoms with E-state index in [4.69, 9.17) is 4.42 Å². The Morgan fingerprint density at radius 3 is 2.74 bits per heavy atom. The van der Waals surface area contributed by atoms with Gasteiger partial charge in [-0.15, -0.1) is 0 Å². The van der Waals surface area contributed by atoms with E-state index in [1.54, 1.807) is 12.4 Å². The first-order valence-electron chi connectivity index (χ1n) is 6.24. The summed E-state index contributed by atoms with van der Waals surface area (Å²) in [5.41, 5.74) is 1.70. The number of rotatable bonds is 2. The molecule has 0 amide bonds. The molecule has 2 aromatic heterocycles. The second kappa shape index (κ2) is 4.52. The van der Waals surface area contributed by atoms with Crippen LogP contribution in [0.25, 0.3) is 10.8 Å². The first kappa shape index (κ1) is 11.9. The number of aromatic nitrogens is 1. The van der Waals surface area contributed by atoms with Gasteiger partial charge >= 0.3 is 0 Å². The minimum atomic E-state index is -0.677. The molecule has 2 heterocycles. The van der Waals surface area contributed by atoms with Crippen molar-refractivity contribution in [2.75, 3.05) is 0 Å². The Balaban J connectivity index is 2.16. The van der Waals surface area contributed by atoms with Crippen molar-refractivity contribution >= 4 is 10.8 Å². The molecule has 1 aromatic carbocycles. The fourth-order valence-electron chi connectivity index (χ4n) is 2.48. The third-order valence-electron chi connectivity index (χ3n) is 3.38. The molecule has 0 aliphatic heterocycles. The van der Waals surface area contributed by atoms with Crippen LogP contribution in [0, 0.1) is 13.8 Å². The SMILES string of the molecule is Cc1cc(C(O)c2cccc3cnccc23)c(C)o1. The van der Waals surface area contributed by atoms with Crippen molar-refractivity contribution in [1.29, 1.82) is 0 Å². The Kier molecular flexibility index (Phi) is 2.84. The second-order valence-electron chi connectivity index (χ2n) is 4.72. The normalized spacial score (nSPS) is 12.8. The van der Waals surface area contributed by atoms with Gasteiger partial charge in [-0.05, 0) is 36.9 Å². The van der Waals surface area contributed by atoms with Gasteiger partial charge in [0.05, 0.1) is 0 Å². The van der Waals surface area contributed by atoms with Crippen LogP contribution in [0.1, 0.15) is 28.8 Å². The van der Waals surface area contributed by atoms with Crippen LogP contribution in [0.5, 0.6) is 0 Å². The molecule has 1 atom stereocenters. The fourth-order valence-corrected chi connectivity index (χ4v) is 2.48. The summed E-state index contributed by atoms with van der Waals surface area (Å²) in [4.78, 5) is 4.11. The van der Waals surface area contributed by atoms with E-state index in [1.165, 1.54) is 0 Å². The number of fused-ring (bicyclic) bond motifs is 1. The minimum absolute atomic E-state index is 0.677. The van der Waals surface area contributed by atoms with Crippen molar-refractivity contribution in [3.63, 3.8) is 0 Å². The van der Waals surface area contributed by atoms with E-state index in [9.17, 15) is 5.11 Å². The summed E-state index contributed by atoms with van der Waals surface area (Å²) in [5, 5.41) is 12.6. The number of hydrogen-bond donors (Lipinski definition) is 1. The van der Waals surface area contributed by atoms with Gasteiger partial charge in [-0.3, -0.25) is 4.98 Å². The number of benzene rings is 1. The number of nitrogens with zero attached hydrogens (tertiary/aromatic N) is 1. The van der Waals surface area contributed by atoms with Gasteiger partial charge in [0.1, 0.15) is 17.6 Å². The number of aliphatic hydroxyl groups excluding tert-OH is 1. The lowest BCUT2D eigenvalue weighted by Gasteiger charge is -2.13. The molecule has 96 valence electrons. The highest BCUT2D eigenvalue weighted by molar-refractivity contribution is 5.85. The third-order valence-corrected chi connectivity index (χ3v) is 3.38. The van der Waals surface area contributed by atoms with Crippen molar-refractivity contribution in [2.45, 2.75) is 20.0 Å². The number of aryl methyl sites for hydroxylation is 2. The van der Waals surface area contributed by atoms with Crippen LogP contribution in [0.2, 0.25) is 0 Å². The summed E-state index contributed by atoms with van der Waals surface area (Å²) < 4.78 is 5.50. The molecular formula is C16H15NO2. The summed E-state index contributed by atoms with van der Waals surface area (Å²) in [6.45, 7) is 3.76. The zero-order chi connectivity index (χ0) is 13.4. The molecular weight excluding hydrogens is 238 g/mol. The van der Waals surface area contributed by atoms with E-state index in [1.807, 2.05) is 44.2 Å². The van der Waals surface area contributed by atoms with Gasteiger partial charge < -0.3 is 9.52 Å². The van der Waals surface area contributed by atoms with Crippen LogP contribution in [-0.4, -0.2) is 10.1 Å². The van der Waals surface area contributed by atoms with Crippen LogP contribution in [0.4, 0.5) is 0 Å². The van der Waals surface area contributed by atoms with Crippen LogP contribution in [0.3, 0.4) is 0 Å². The van der Waals surface area contributed by atoms with Crippen molar-refractivity contribution in [1.82, 2.24) is 4.98 Å². The van der Waals surface area contributed by atoms with Crippen molar-refractivity contribution in [3.8, 4) is 0 Å². The summed E-state index contributed by atoms with van der Waals surface area (Å²) in [5.74, 6) is 1.57. The molecule has 0 spiro atoms. The molecule has 3 nitrogen and oxygen atoms in total. The first-order valence-corrected chi connectivity index (χ1v) is 6.24. The van der Waals surface area contributed by atoms with Gasteiger partial charge in [0.2, 0.25) is 0 Å². The number of hydrogen-bond acceptors (Lipinski definition) is 3. The maximum atomic E-state index is 10.6. The molecule has 19 heavy (non-hydrogen) atoms. The number of furan rings is 1. The van der Waals surface area contributed by atoms with Gasteiger partial charge in [-0.2, -0.15) is 0 Å². The molecule has 0 saturated heterocycles. The fraction of sp³-hybridized carbons (Fsp3) is 0.188. The highest BCUT2D eigenvalue weighted by Crippen LogP contribution is 2.31. The van der Waals surface area contributed by atoms with Gasteiger partial charge in [0.25, 0.3) is 0 Å². The summed E-state index contributed by atoms with van der Waals surface area (Å²) in [7, 11) is 0. The Hall–Kier alpha value is -2.13. The van der Waals surface area contributed by atoms with Crippen LogP contribution in [0.15, 0.2) is 47.1 Å². The van der Waals surface area contributed by atoms with E-state index in [0.717, 1.165) is 33.4 Å². The zero-order valence-electron chi connectivity index (χ0n) is 10.9. The molecule has 1 N–H and O–H groups in total. The molecule has 3 aromatic rings.